The van der Waals surface area contributed by atoms with Gasteiger partial charge < -0.3 is 24.1 Å². The molecular weight excluding hydrogens is 464 g/mol. The van der Waals surface area contributed by atoms with E-state index in [-0.39, 0.29) is 41.9 Å². The Balaban J connectivity index is 2.20. The van der Waals surface area contributed by atoms with E-state index in [0.29, 0.717) is 19.4 Å². The van der Waals surface area contributed by atoms with Gasteiger partial charge in [0.2, 0.25) is 5.91 Å². The molecule has 1 amide bonds. The van der Waals surface area contributed by atoms with Crippen LogP contribution < -0.4 is 5.32 Å². The number of carbonyl (C=O) groups excluding carboxylic acids is 3. The van der Waals surface area contributed by atoms with Crippen LogP contribution in [0.25, 0.3) is 0 Å². The van der Waals surface area contributed by atoms with Gasteiger partial charge in [0.25, 0.3) is 0 Å². The lowest BCUT2D eigenvalue weighted by Crippen LogP contribution is -2.63. The van der Waals surface area contributed by atoms with Crippen LogP contribution >= 0.6 is 0 Å². The normalized spacial score (nSPS) is 25.9. The van der Waals surface area contributed by atoms with Crippen molar-refractivity contribution >= 4 is 26.2 Å². The van der Waals surface area contributed by atoms with E-state index in [2.05, 4.69) is 39.2 Å². The van der Waals surface area contributed by atoms with Gasteiger partial charge in [-0.3, -0.25) is 9.59 Å². The van der Waals surface area contributed by atoms with Crippen molar-refractivity contribution in [2.75, 3.05) is 13.2 Å². The summed E-state index contributed by atoms with van der Waals surface area (Å²) < 4.78 is 17.5. The molecule has 2 aliphatic heterocycles. The molecule has 0 aromatic heterocycles. The minimum Gasteiger partial charge on any atom is -0.460 e. The average molecular weight is 513 g/mol. The van der Waals surface area contributed by atoms with E-state index >= 15 is 0 Å². The summed E-state index contributed by atoms with van der Waals surface area (Å²) in [6, 6.07) is -1.34. The number of amides is 1. The van der Waals surface area contributed by atoms with E-state index in [1.165, 1.54) is 0 Å². The van der Waals surface area contributed by atoms with Gasteiger partial charge in [-0.15, -0.1) is 0 Å². The third-order valence-corrected chi connectivity index (χ3v) is 11.6. The fourth-order valence-electron chi connectivity index (χ4n) is 4.37. The molecule has 0 spiro atoms. The Morgan fingerprint density at radius 2 is 1.57 bits per heavy atom. The summed E-state index contributed by atoms with van der Waals surface area (Å²) >= 11 is 0. The Kier molecular flexibility index (Phi) is 8.93. The molecule has 9 heteroatoms. The standard InChI is InChI=1S/C26H48N2O6Si/c1-24(2,3)33-20(29)13-12-17-14-18-15-27-19(16-32-35(10,11)26(7,8)9)22(30)28(18)21(17)23(31)34-25(4,5)6/h17-19,21,27H,12-16H2,1-11H3/t17-,18-,19-,21-/m0/s1. The van der Waals surface area contributed by atoms with Crippen LogP contribution in [0, 0.1) is 5.92 Å². The van der Waals surface area contributed by atoms with Crippen molar-refractivity contribution in [2.24, 2.45) is 5.92 Å². The van der Waals surface area contributed by atoms with Crippen LogP contribution in [0.1, 0.15) is 81.6 Å². The highest BCUT2D eigenvalue weighted by molar-refractivity contribution is 6.74. The van der Waals surface area contributed by atoms with E-state index in [9.17, 15) is 14.4 Å². The maximum absolute atomic E-state index is 13.6. The zero-order valence-electron chi connectivity index (χ0n) is 23.7. The van der Waals surface area contributed by atoms with Crippen molar-refractivity contribution < 1.29 is 28.3 Å². The van der Waals surface area contributed by atoms with Crippen LogP contribution in [0.15, 0.2) is 0 Å². The molecule has 2 aliphatic rings. The Labute approximate surface area is 212 Å². The minimum atomic E-state index is -2.03. The van der Waals surface area contributed by atoms with Crippen molar-refractivity contribution in [1.82, 2.24) is 10.2 Å². The predicted molar refractivity (Wildman–Crippen MR) is 138 cm³/mol. The summed E-state index contributed by atoms with van der Waals surface area (Å²) in [5.41, 5.74) is -1.24. The van der Waals surface area contributed by atoms with Gasteiger partial charge in [-0.05, 0) is 78.4 Å². The van der Waals surface area contributed by atoms with Gasteiger partial charge in [-0.1, -0.05) is 20.8 Å². The van der Waals surface area contributed by atoms with Crippen LogP contribution in [-0.4, -0.2) is 73.5 Å². The topological polar surface area (TPSA) is 94.2 Å². The Bertz CT molecular complexity index is 793. The second kappa shape index (κ2) is 10.5. The van der Waals surface area contributed by atoms with Crippen LogP contribution in [0.2, 0.25) is 18.1 Å². The lowest BCUT2D eigenvalue weighted by atomic mass is 9.93. The fraction of sp³-hybridized carbons (Fsp3) is 0.885. The van der Waals surface area contributed by atoms with Gasteiger partial charge in [0, 0.05) is 19.0 Å². The second-order valence-corrected chi connectivity index (χ2v) is 18.3. The molecule has 202 valence electrons. The summed E-state index contributed by atoms with van der Waals surface area (Å²) in [6.45, 7) is 22.7. The maximum atomic E-state index is 13.6. The number of hydrogen-bond donors (Lipinski definition) is 1. The van der Waals surface area contributed by atoms with Gasteiger partial charge >= 0.3 is 11.9 Å². The number of esters is 2. The Morgan fingerprint density at radius 3 is 2.09 bits per heavy atom. The molecule has 2 saturated heterocycles. The van der Waals surface area contributed by atoms with E-state index in [0.717, 1.165) is 0 Å². The van der Waals surface area contributed by atoms with Gasteiger partial charge in [0.1, 0.15) is 23.3 Å². The molecule has 4 atom stereocenters. The summed E-state index contributed by atoms with van der Waals surface area (Å²) in [6.07, 6.45) is 1.30. The first kappa shape index (κ1) is 29.8. The molecule has 0 unspecified atom stereocenters. The quantitative estimate of drug-likeness (QED) is 0.406. The van der Waals surface area contributed by atoms with E-state index in [1.807, 2.05) is 41.5 Å². The maximum Gasteiger partial charge on any atom is 0.329 e. The van der Waals surface area contributed by atoms with Crippen LogP contribution in [0.5, 0.6) is 0 Å². The van der Waals surface area contributed by atoms with Gasteiger partial charge in [-0.2, -0.15) is 0 Å². The Morgan fingerprint density at radius 1 is 1.00 bits per heavy atom. The smallest absolute Gasteiger partial charge is 0.329 e. The molecule has 0 aromatic rings. The zero-order chi connectivity index (χ0) is 27.0. The highest BCUT2D eigenvalue weighted by Crippen LogP contribution is 2.39. The Hall–Kier alpha value is -1.45. The molecule has 0 aromatic carbocycles. The van der Waals surface area contributed by atoms with Crippen molar-refractivity contribution in [3.05, 3.63) is 0 Å². The first-order valence-electron chi connectivity index (χ1n) is 12.9. The number of rotatable bonds is 7. The summed E-state index contributed by atoms with van der Waals surface area (Å²) in [5, 5.41) is 3.39. The fourth-order valence-corrected chi connectivity index (χ4v) is 5.38. The molecule has 0 bridgehead atoms. The number of carbonyl (C=O) groups is 3. The monoisotopic (exact) mass is 512 g/mol. The molecule has 0 radical (unpaired) electrons. The summed E-state index contributed by atoms with van der Waals surface area (Å²) in [4.78, 5) is 41.0. The van der Waals surface area contributed by atoms with E-state index in [1.54, 1.807) is 4.90 Å². The number of ether oxygens (including phenoxy) is 2. The number of nitrogens with zero attached hydrogens (tertiary/aromatic N) is 1. The third kappa shape index (κ3) is 8.02. The van der Waals surface area contributed by atoms with E-state index < -0.39 is 37.6 Å². The average Bonchev–Trinajstić information content (AvgIpc) is 3.01. The minimum absolute atomic E-state index is 0.0344. The highest BCUT2D eigenvalue weighted by atomic mass is 28.4. The molecule has 35 heavy (non-hydrogen) atoms. The number of hydrogen-bond acceptors (Lipinski definition) is 7. The van der Waals surface area contributed by atoms with Crippen LogP contribution in [0.3, 0.4) is 0 Å². The molecule has 1 N–H and O–H groups in total. The zero-order valence-corrected chi connectivity index (χ0v) is 24.7. The molecule has 2 heterocycles. The number of nitrogens with one attached hydrogen (secondary N) is 1. The number of fused-ring (bicyclic) bond motifs is 1. The first-order chi connectivity index (χ1) is 15.7. The third-order valence-electron chi connectivity index (χ3n) is 7.07. The summed E-state index contributed by atoms with van der Waals surface area (Å²) in [7, 11) is -2.03. The largest absolute Gasteiger partial charge is 0.460 e. The highest BCUT2D eigenvalue weighted by Gasteiger charge is 2.52. The van der Waals surface area contributed by atoms with Gasteiger partial charge in [-0.25, -0.2) is 4.79 Å². The van der Waals surface area contributed by atoms with Crippen molar-refractivity contribution in [1.29, 1.82) is 0 Å². The summed E-state index contributed by atoms with van der Waals surface area (Å²) in [5.74, 6) is -1.01. The predicted octanol–water partition coefficient (Wildman–Crippen LogP) is 4.03. The van der Waals surface area contributed by atoms with E-state index in [4.69, 9.17) is 13.9 Å². The van der Waals surface area contributed by atoms with Gasteiger partial charge in [0.15, 0.2) is 8.32 Å². The molecule has 0 saturated carbocycles. The van der Waals surface area contributed by atoms with Crippen LogP contribution in [0.4, 0.5) is 0 Å². The van der Waals surface area contributed by atoms with Crippen molar-refractivity contribution in [2.45, 2.75) is 129 Å². The van der Waals surface area contributed by atoms with Gasteiger partial charge in [0.05, 0.1) is 6.61 Å². The SMILES string of the molecule is CC(C)(C)OC(=O)CC[C@H]1C[C@H]2CN[C@@H](CO[Si](C)(C)C(C)(C)C)C(=O)N2[C@@H]1C(=O)OC(C)(C)C. The molecule has 2 fully saturated rings. The molecular formula is C26H48N2O6Si. The first-order valence-corrected chi connectivity index (χ1v) is 15.8. The van der Waals surface area contributed by atoms with Crippen LogP contribution in [-0.2, 0) is 28.3 Å². The number of piperazine rings is 1. The second-order valence-electron chi connectivity index (χ2n) is 13.5. The molecule has 0 aliphatic carbocycles. The van der Waals surface area contributed by atoms with Crippen molar-refractivity contribution in [3.63, 3.8) is 0 Å². The van der Waals surface area contributed by atoms with Crippen molar-refractivity contribution in [3.8, 4) is 0 Å². The lowest BCUT2D eigenvalue weighted by Gasteiger charge is -2.41. The lowest BCUT2D eigenvalue weighted by molar-refractivity contribution is -0.167. The molecule has 8 nitrogen and oxygen atoms in total. The molecule has 2 rings (SSSR count).